The summed E-state index contributed by atoms with van der Waals surface area (Å²) in [6.45, 7) is 2.05. The Bertz CT molecular complexity index is 691. The lowest BCUT2D eigenvalue weighted by Gasteiger charge is -2.31. The van der Waals surface area contributed by atoms with Gasteiger partial charge in [0.2, 0.25) is 10.0 Å². The van der Waals surface area contributed by atoms with Crippen molar-refractivity contribution in [2.24, 2.45) is 0 Å². The standard InChI is InChI=1S/C15H20N2O2S2/c1-21(18,19)17-8-4-6-13(11-17)16-10-14-9-12-5-2-3-7-15(12)20-14/h2-3,5,7,9,13,16H,4,6,8,10-11H2,1H3/t13-/m1/s1. The average Bonchev–Trinajstić information content (AvgIpc) is 2.87. The van der Waals surface area contributed by atoms with Gasteiger partial charge in [-0.1, -0.05) is 18.2 Å². The van der Waals surface area contributed by atoms with Gasteiger partial charge in [-0.05, 0) is 30.4 Å². The Kier molecular flexibility index (Phi) is 4.31. The van der Waals surface area contributed by atoms with Crippen LogP contribution in [0.5, 0.6) is 0 Å². The number of rotatable bonds is 4. The molecule has 0 saturated carbocycles. The van der Waals surface area contributed by atoms with Gasteiger partial charge >= 0.3 is 0 Å². The second-order valence-corrected chi connectivity index (χ2v) is 8.74. The normalized spacial score (nSPS) is 20.9. The molecule has 0 bridgehead atoms. The molecule has 21 heavy (non-hydrogen) atoms. The van der Waals surface area contributed by atoms with Crippen LogP contribution < -0.4 is 5.32 Å². The lowest BCUT2D eigenvalue weighted by atomic mass is 10.1. The molecule has 4 nitrogen and oxygen atoms in total. The molecule has 2 heterocycles. The van der Waals surface area contributed by atoms with E-state index in [2.05, 4.69) is 35.6 Å². The highest BCUT2D eigenvalue weighted by Gasteiger charge is 2.25. The second-order valence-electron chi connectivity index (χ2n) is 5.59. The number of benzene rings is 1. The molecule has 114 valence electrons. The van der Waals surface area contributed by atoms with Crippen LogP contribution in [0.15, 0.2) is 30.3 Å². The van der Waals surface area contributed by atoms with Gasteiger partial charge in [-0.15, -0.1) is 11.3 Å². The van der Waals surface area contributed by atoms with Gasteiger partial charge in [0.1, 0.15) is 0 Å². The SMILES string of the molecule is CS(=O)(=O)N1CCC[C@@H](NCc2cc3ccccc3s2)C1. The highest BCUT2D eigenvalue weighted by Crippen LogP contribution is 2.25. The monoisotopic (exact) mass is 324 g/mol. The van der Waals surface area contributed by atoms with Gasteiger partial charge in [-0.3, -0.25) is 0 Å². The second kappa shape index (κ2) is 6.04. The number of nitrogens with one attached hydrogen (secondary N) is 1. The van der Waals surface area contributed by atoms with Gasteiger partial charge in [0.25, 0.3) is 0 Å². The van der Waals surface area contributed by atoms with E-state index in [1.165, 1.54) is 21.2 Å². The van der Waals surface area contributed by atoms with E-state index in [1.807, 2.05) is 0 Å². The van der Waals surface area contributed by atoms with Crippen LogP contribution in [0, 0.1) is 0 Å². The van der Waals surface area contributed by atoms with E-state index < -0.39 is 10.0 Å². The molecule has 1 aliphatic heterocycles. The summed E-state index contributed by atoms with van der Waals surface area (Å²) in [6.07, 6.45) is 3.26. The van der Waals surface area contributed by atoms with Crippen LogP contribution in [0.3, 0.4) is 0 Å². The summed E-state index contributed by atoms with van der Waals surface area (Å²) >= 11 is 1.80. The van der Waals surface area contributed by atoms with E-state index in [1.54, 1.807) is 15.6 Å². The summed E-state index contributed by atoms with van der Waals surface area (Å²) < 4.78 is 26.1. The quantitative estimate of drug-likeness (QED) is 0.939. The zero-order valence-corrected chi connectivity index (χ0v) is 13.7. The van der Waals surface area contributed by atoms with E-state index in [-0.39, 0.29) is 6.04 Å². The van der Waals surface area contributed by atoms with Crippen molar-refractivity contribution in [3.63, 3.8) is 0 Å². The van der Waals surface area contributed by atoms with Gasteiger partial charge in [0.05, 0.1) is 6.26 Å². The highest BCUT2D eigenvalue weighted by molar-refractivity contribution is 7.88. The number of fused-ring (bicyclic) bond motifs is 1. The fraction of sp³-hybridized carbons (Fsp3) is 0.467. The first-order valence-electron chi connectivity index (χ1n) is 7.18. The molecule has 1 N–H and O–H groups in total. The molecule has 1 aromatic carbocycles. The molecule has 3 rings (SSSR count). The van der Waals surface area contributed by atoms with Gasteiger partial charge in [0, 0.05) is 35.3 Å². The molecule has 0 radical (unpaired) electrons. The predicted octanol–water partition coefficient (Wildman–Crippen LogP) is 2.41. The summed E-state index contributed by atoms with van der Waals surface area (Å²) in [7, 11) is -3.07. The molecule has 1 aromatic heterocycles. The third-order valence-electron chi connectivity index (χ3n) is 3.89. The predicted molar refractivity (Wildman–Crippen MR) is 88.1 cm³/mol. The van der Waals surface area contributed by atoms with Gasteiger partial charge < -0.3 is 5.32 Å². The first-order chi connectivity index (χ1) is 10.0. The van der Waals surface area contributed by atoms with Gasteiger partial charge in [-0.2, -0.15) is 0 Å². The van der Waals surface area contributed by atoms with Crippen LogP contribution in [0.2, 0.25) is 0 Å². The van der Waals surface area contributed by atoms with Gasteiger partial charge in [0.15, 0.2) is 0 Å². The molecular formula is C15H20N2O2S2. The summed E-state index contributed by atoms with van der Waals surface area (Å²) in [6, 6.07) is 10.8. The maximum absolute atomic E-state index is 11.6. The molecule has 6 heteroatoms. The van der Waals surface area contributed by atoms with Crippen LogP contribution in [-0.4, -0.2) is 38.1 Å². The number of hydrogen-bond acceptors (Lipinski definition) is 4. The fourth-order valence-corrected chi connectivity index (χ4v) is 4.71. The summed E-state index contributed by atoms with van der Waals surface area (Å²) in [4.78, 5) is 1.30. The van der Waals surface area contributed by atoms with Crippen molar-refractivity contribution in [1.82, 2.24) is 9.62 Å². The van der Waals surface area contributed by atoms with Crippen molar-refractivity contribution < 1.29 is 8.42 Å². The van der Waals surface area contributed by atoms with Crippen LogP contribution >= 0.6 is 11.3 Å². The smallest absolute Gasteiger partial charge is 0.211 e. The summed E-state index contributed by atoms with van der Waals surface area (Å²) in [5.41, 5.74) is 0. The molecule has 0 spiro atoms. The summed E-state index contributed by atoms with van der Waals surface area (Å²) in [5.74, 6) is 0. The van der Waals surface area contributed by atoms with Crippen molar-refractivity contribution in [2.75, 3.05) is 19.3 Å². The molecule has 1 fully saturated rings. The van der Waals surface area contributed by atoms with Crippen molar-refractivity contribution in [3.05, 3.63) is 35.2 Å². The third-order valence-corrected chi connectivity index (χ3v) is 6.28. The van der Waals surface area contributed by atoms with E-state index in [0.717, 1.165) is 19.4 Å². The van der Waals surface area contributed by atoms with Crippen molar-refractivity contribution in [3.8, 4) is 0 Å². The summed E-state index contributed by atoms with van der Waals surface area (Å²) in [5, 5.41) is 4.78. The van der Waals surface area contributed by atoms with E-state index >= 15 is 0 Å². The Morgan fingerprint density at radius 2 is 2.19 bits per heavy atom. The molecule has 1 saturated heterocycles. The Morgan fingerprint density at radius 3 is 2.95 bits per heavy atom. The average molecular weight is 324 g/mol. The molecule has 0 aliphatic carbocycles. The molecule has 1 atom stereocenters. The topological polar surface area (TPSA) is 49.4 Å². The molecule has 1 aliphatic rings. The highest BCUT2D eigenvalue weighted by atomic mass is 32.2. The number of nitrogens with zero attached hydrogens (tertiary/aromatic N) is 1. The van der Waals surface area contributed by atoms with Crippen molar-refractivity contribution >= 4 is 31.4 Å². The van der Waals surface area contributed by atoms with Crippen LogP contribution in [-0.2, 0) is 16.6 Å². The van der Waals surface area contributed by atoms with Crippen LogP contribution in [0.4, 0.5) is 0 Å². The molecular weight excluding hydrogens is 304 g/mol. The van der Waals surface area contributed by atoms with Crippen molar-refractivity contribution in [2.45, 2.75) is 25.4 Å². The molecule has 0 unspecified atom stereocenters. The minimum absolute atomic E-state index is 0.249. The van der Waals surface area contributed by atoms with Crippen LogP contribution in [0.25, 0.3) is 10.1 Å². The Hall–Kier alpha value is -0.950. The van der Waals surface area contributed by atoms with E-state index in [0.29, 0.717) is 13.1 Å². The first-order valence-corrected chi connectivity index (χ1v) is 9.85. The van der Waals surface area contributed by atoms with Crippen molar-refractivity contribution in [1.29, 1.82) is 0 Å². The fourth-order valence-electron chi connectivity index (χ4n) is 2.78. The maximum atomic E-state index is 11.6. The Labute approximate surface area is 129 Å². The van der Waals surface area contributed by atoms with Crippen LogP contribution in [0.1, 0.15) is 17.7 Å². The lowest BCUT2D eigenvalue weighted by molar-refractivity contribution is 0.284. The molecule has 2 aromatic rings. The molecule has 0 amide bonds. The minimum atomic E-state index is -3.07. The van der Waals surface area contributed by atoms with Gasteiger partial charge in [-0.25, -0.2) is 12.7 Å². The Balaban J connectivity index is 1.62. The number of hydrogen-bond donors (Lipinski definition) is 1. The number of thiophene rings is 1. The lowest BCUT2D eigenvalue weighted by Crippen LogP contribution is -2.47. The minimum Gasteiger partial charge on any atom is -0.308 e. The maximum Gasteiger partial charge on any atom is 0.211 e. The number of sulfonamides is 1. The zero-order valence-electron chi connectivity index (χ0n) is 12.1. The van der Waals surface area contributed by atoms with E-state index in [4.69, 9.17) is 0 Å². The third kappa shape index (κ3) is 3.63. The van der Waals surface area contributed by atoms with E-state index in [9.17, 15) is 8.42 Å². The largest absolute Gasteiger partial charge is 0.308 e. The first kappa shape index (κ1) is 15.0. The zero-order chi connectivity index (χ0) is 14.9. The Morgan fingerprint density at radius 1 is 1.38 bits per heavy atom. The number of piperidine rings is 1.